The van der Waals surface area contributed by atoms with E-state index in [2.05, 4.69) is 24.1 Å². The fourth-order valence-electron chi connectivity index (χ4n) is 1.57. The van der Waals surface area contributed by atoms with Crippen LogP contribution in [0.5, 0.6) is 11.6 Å². The summed E-state index contributed by atoms with van der Waals surface area (Å²) in [5.74, 6) is 1.26. The molecule has 0 amide bonds. The maximum absolute atomic E-state index is 5.92. The van der Waals surface area contributed by atoms with Crippen molar-refractivity contribution in [3.8, 4) is 11.6 Å². The van der Waals surface area contributed by atoms with Gasteiger partial charge in [-0.05, 0) is 24.3 Å². The number of hydrogen-bond acceptors (Lipinski definition) is 3. The van der Waals surface area contributed by atoms with Gasteiger partial charge in [-0.25, -0.2) is 4.98 Å². The van der Waals surface area contributed by atoms with Gasteiger partial charge in [0.1, 0.15) is 5.75 Å². The van der Waals surface area contributed by atoms with Crippen LogP contribution >= 0.6 is 11.6 Å². The molecular weight excluding hydrogens is 260 g/mol. The highest BCUT2D eigenvalue weighted by molar-refractivity contribution is 6.30. The van der Waals surface area contributed by atoms with Crippen molar-refractivity contribution in [3.63, 3.8) is 0 Å². The van der Waals surface area contributed by atoms with Crippen LogP contribution in [0.2, 0.25) is 5.02 Å². The molecule has 2 rings (SSSR count). The highest BCUT2D eigenvalue weighted by Gasteiger charge is 2.02. The third-order valence-electron chi connectivity index (χ3n) is 2.49. The highest BCUT2D eigenvalue weighted by atomic mass is 35.5. The predicted molar refractivity (Wildman–Crippen MR) is 77.7 cm³/mol. The normalized spacial score (nSPS) is 10.7. The van der Waals surface area contributed by atoms with E-state index in [9.17, 15) is 0 Å². The van der Waals surface area contributed by atoms with E-state index < -0.39 is 0 Å². The minimum Gasteiger partial charge on any atom is -0.439 e. The van der Waals surface area contributed by atoms with Crippen LogP contribution in [0.15, 0.2) is 42.5 Å². The number of ether oxygens (including phenoxy) is 1. The average molecular weight is 277 g/mol. The lowest BCUT2D eigenvalue weighted by molar-refractivity contribution is 0.458. The van der Waals surface area contributed by atoms with Crippen molar-refractivity contribution in [3.05, 3.63) is 53.2 Å². The molecule has 0 aliphatic carbocycles. The number of benzene rings is 1. The maximum atomic E-state index is 5.92. The van der Waals surface area contributed by atoms with Crippen LogP contribution in [-0.2, 0) is 6.54 Å². The fourth-order valence-corrected chi connectivity index (χ4v) is 1.75. The van der Waals surface area contributed by atoms with Crippen molar-refractivity contribution in [1.82, 2.24) is 10.3 Å². The van der Waals surface area contributed by atoms with E-state index in [1.807, 2.05) is 36.4 Å². The van der Waals surface area contributed by atoms with Crippen molar-refractivity contribution >= 4 is 11.6 Å². The topological polar surface area (TPSA) is 34.1 Å². The first kappa shape index (κ1) is 13.8. The van der Waals surface area contributed by atoms with Crippen molar-refractivity contribution in [2.24, 2.45) is 0 Å². The van der Waals surface area contributed by atoms with Crippen molar-refractivity contribution in [1.29, 1.82) is 0 Å². The third kappa shape index (κ3) is 4.54. The Morgan fingerprint density at radius 1 is 1.21 bits per heavy atom. The summed E-state index contributed by atoms with van der Waals surface area (Å²) in [6, 6.07) is 13.4. The Morgan fingerprint density at radius 2 is 2.00 bits per heavy atom. The standard InChI is InChI=1S/C15H17ClN2O/c1-11(2)17-10-13-6-4-8-15(18-13)19-14-7-3-5-12(16)9-14/h3-9,11,17H,10H2,1-2H3. The summed E-state index contributed by atoms with van der Waals surface area (Å²) >= 11 is 5.92. The average Bonchev–Trinajstić information content (AvgIpc) is 2.37. The minimum atomic E-state index is 0.430. The summed E-state index contributed by atoms with van der Waals surface area (Å²) in [5, 5.41) is 3.97. The number of hydrogen-bond donors (Lipinski definition) is 1. The molecule has 0 unspecified atom stereocenters. The molecule has 1 heterocycles. The quantitative estimate of drug-likeness (QED) is 0.895. The van der Waals surface area contributed by atoms with Gasteiger partial charge in [0.05, 0.1) is 5.69 Å². The predicted octanol–water partition coefficient (Wildman–Crippen LogP) is 4.03. The molecule has 0 aliphatic heterocycles. The first-order chi connectivity index (χ1) is 9.13. The molecule has 1 N–H and O–H groups in total. The maximum Gasteiger partial charge on any atom is 0.219 e. The third-order valence-corrected chi connectivity index (χ3v) is 2.73. The van der Waals surface area contributed by atoms with E-state index >= 15 is 0 Å². The summed E-state index contributed by atoms with van der Waals surface area (Å²) in [6.45, 7) is 4.93. The molecule has 0 saturated heterocycles. The zero-order valence-electron chi connectivity index (χ0n) is 11.1. The Hall–Kier alpha value is -1.58. The van der Waals surface area contributed by atoms with E-state index in [1.54, 1.807) is 6.07 Å². The molecule has 0 spiro atoms. The molecule has 1 aromatic heterocycles. The number of rotatable bonds is 5. The van der Waals surface area contributed by atoms with Crippen LogP contribution in [0.4, 0.5) is 0 Å². The Kier molecular flexibility index (Phi) is 4.77. The van der Waals surface area contributed by atoms with Crippen LogP contribution in [-0.4, -0.2) is 11.0 Å². The Balaban J connectivity index is 2.06. The van der Waals surface area contributed by atoms with Gasteiger partial charge in [-0.15, -0.1) is 0 Å². The van der Waals surface area contributed by atoms with E-state index in [0.717, 1.165) is 12.2 Å². The monoisotopic (exact) mass is 276 g/mol. The summed E-state index contributed by atoms with van der Waals surface area (Å²) in [4.78, 5) is 4.44. The molecule has 0 fully saturated rings. The minimum absolute atomic E-state index is 0.430. The SMILES string of the molecule is CC(C)NCc1cccc(Oc2cccc(Cl)c2)n1. The highest BCUT2D eigenvalue weighted by Crippen LogP contribution is 2.22. The molecule has 1 aromatic carbocycles. The second-order valence-electron chi connectivity index (χ2n) is 4.56. The molecule has 0 atom stereocenters. The molecule has 19 heavy (non-hydrogen) atoms. The zero-order valence-corrected chi connectivity index (χ0v) is 11.8. The number of pyridine rings is 1. The molecular formula is C15H17ClN2O. The van der Waals surface area contributed by atoms with E-state index in [1.165, 1.54) is 0 Å². The fraction of sp³-hybridized carbons (Fsp3) is 0.267. The van der Waals surface area contributed by atoms with Gasteiger partial charge < -0.3 is 10.1 Å². The molecule has 4 heteroatoms. The van der Waals surface area contributed by atoms with Crippen LogP contribution in [0.3, 0.4) is 0 Å². The van der Waals surface area contributed by atoms with Gasteiger partial charge in [0, 0.05) is 23.7 Å². The van der Waals surface area contributed by atoms with Gasteiger partial charge in [-0.2, -0.15) is 0 Å². The zero-order chi connectivity index (χ0) is 13.7. The molecule has 2 aromatic rings. The Bertz CT molecular complexity index is 543. The van der Waals surface area contributed by atoms with Crippen molar-refractivity contribution in [2.45, 2.75) is 26.4 Å². The molecule has 0 radical (unpaired) electrons. The summed E-state index contributed by atoms with van der Waals surface area (Å²) in [7, 11) is 0. The number of nitrogens with zero attached hydrogens (tertiary/aromatic N) is 1. The number of aromatic nitrogens is 1. The van der Waals surface area contributed by atoms with Gasteiger partial charge in [-0.1, -0.05) is 37.6 Å². The Labute approximate surface area is 118 Å². The van der Waals surface area contributed by atoms with Crippen LogP contribution in [0.1, 0.15) is 19.5 Å². The van der Waals surface area contributed by atoms with Gasteiger partial charge >= 0.3 is 0 Å². The first-order valence-corrected chi connectivity index (χ1v) is 6.64. The lowest BCUT2D eigenvalue weighted by Crippen LogP contribution is -2.22. The lowest BCUT2D eigenvalue weighted by atomic mass is 10.3. The second-order valence-corrected chi connectivity index (χ2v) is 5.00. The van der Waals surface area contributed by atoms with Crippen LogP contribution < -0.4 is 10.1 Å². The van der Waals surface area contributed by atoms with Gasteiger partial charge in [0.25, 0.3) is 0 Å². The molecule has 0 aliphatic rings. The summed E-state index contributed by atoms with van der Waals surface area (Å²) in [6.07, 6.45) is 0. The summed E-state index contributed by atoms with van der Waals surface area (Å²) < 4.78 is 5.68. The van der Waals surface area contributed by atoms with Crippen molar-refractivity contribution in [2.75, 3.05) is 0 Å². The Morgan fingerprint density at radius 3 is 2.74 bits per heavy atom. The molecule has 100 valence electrons. The van der Waals surface area contributed by atoms with Gasteiger partial charge in [0.2, 0.25) is 5.88 Å². The van der Waals surface area contributed by atoms with E-state index in [4.69, 9.17) is 16.3 Å². The molecule has 0 bridgehead atoms. The van der Waals surface area contributed by atoms with E-state index in [0.29, 0.717) is 22.7 Å². The molecule has 0 saturated carbocycles. The van der Waals surface area contributed by atoms with Crippen LogP contribution in [0.25, 0.3) is 0 Å². The first-order valence-electron chi connectivity index (χ1n) is 6.26. The second kappa shape index (κ2) is 6.55. The molecule has 3 nitrogen and oxygen atoms in total. The van der Waals surface area contributed by atoms with Gasteiger partial charge in [-0.3, -0.25) is 0 Å². The number of nitrogens with one attached hydrogen (secondary N) is 1. The smallest absolute Gasteiger partial charge is 0.219 e. The van der Waals surface area contributed by atoms with Crippen molar-refractivity contribution < 1.29 is 4.74 Å². The van der Waals surface area contributed by atoms with Gasteiger partial charge in [0.15, 0.2) is 0 Å². The van der Waals surface area contributed by atoms with E-state index in [-0.39, 0.29) is 0 Å². The largest absolute Gasteiger partial charge is 0.439 e. The lowest BCUT2D eigenvalue weighted by Gasteiger charge is -2.09. The summed E-state index contributed by atoms with van der Waals surface area (Å²) in [5.41, 5.74) is 0.952. The van der Waals surface area contributed by atoms with Crippen LogP contribution in [0, 0.1) is 0 Å². The number of halogens is 1.